The minimum absolute atomic E-state index is 0.192. The highest BCUT2D eigenvalue weighted by Gasteiger charge is 2.30. The number of phenols is 1. The zero-order valence-electron chi connectivity index (χ0n) is 16.1. The zero-order chi connectivity index (χ0) is 20.9. The fourth-order valence-electron chi connectivity index (χ4n) is 3.72. The molecule has 1 fully saturated rings. The van der Waals surface area contributed by atoms with E-state index in [1.54, 1.807) is 12.1 Å². The Balaban J connectivity index is 1.45. The van der Waals surface area contributed by atoms with E-state index in [2.05, 4.69) is 10.2 Å². The Kier molecular flexibility index (Phi) is 6.79. The van der Waals surface area contributed by atoms with Gasteiger partial charge in [0, 0.05) is 30.8 Å². The van der Waals surface area contributed by atoms with Gasteiger partial charge in [-0.05, 0) is 62.1 Å². The van der Waals surface area contributed by atoms with E-state index in [1.807, 2.05) is 12.1 Å². The molecule has 0 spiro atoms. The summed E-state index contributed by atoms with van der Waals surface area (Å²) in [5.41, 5.74) is 0.531. The number of amides is 1. The molecule has 29 heavy (non-hydrogen) atoms. The first-order chi connectivity index (χ1) is 13.8. The Morgan fingerprint density at radius 2 is 1.86 bits per heavy atom. The number of rotatable bonds is 6. The van der Waals surface area contributed by atoms with E-state index >= 15 is 0 Å². The van der Waals surface area contributed by atoms with Crippen molar-refractivity contribution in [1.82, 2.24) is 4.90 Å². The highest BCUT2D eigenvalue weighted by molar-refractivity contribution is 5.90. The molecule has 0 radical (unpaired) electrons. The van der Waals surface area contributed by atoms with Crippen LogP contribution in [0.3, 0.4) is 0 Å². The van der Waals surface area contributed by atoms with Gasteiger partial charge >= 0.3 is 6.18 Å². The van der Waals surface area contributed by atoms with E-state index in [0.29, 0.717) is 30.3 Å². The van der Waals surface area contributed by atoms with Crippen LogP contribution >= 0.6 is 0 Å². The maximum absolute atomic E-state index is 12.6. The lowest BCUT2D eigenvalue weighted by Crippen LogP contribution is -2.35. The van der Waals surface area contributed by atoms with Gasteiger partial charge in [-0.25, -0.2) is 0 Å². The van der Waals surface area contributed by atoms with Gasteiger partial charge in [-0.1, -0.05) is 18.2 Å². The Labute approximate surface area is 168 Å². The number of hydrogen-bond donors (Lipinski definition) is 2. The van der Waals surface area contributed by atoms with Gasteiger partial charge in [0.15, 0.2) is 0 Å². The summed E-state index contributed by atoms with van der Waals surface area (Å²) in [4.78, 5) is 14.5. The highest BCUT2D eigenvalue weighted by atomic mass is 19.4. The molecule has 7 heteroatoms. The monoisotopic (exact) mass is 406 g/mol. The third kappa shape index (κ3) is 6.22. The normalized spacial score (nSPS) is 17.8. The number of nitrogens with zero attached hydrogens (tertiary/aromatic N) is 1. The predicted molar refractivity (Wildman–Crippen MR) is 105 cm³/mol. The van der Waals surface area contributed by atoms with Crippen molar-refractivity contribution in [2.24, 2.45) is 5.92 Å². The average molecular weight is 406 g/mol. The summed E-state index contributed by atoms with van der Waals surface area (Å²) in [6, 6.07) is 11.8. The van der Waals surface area contributed by atoms with Crippen molar-refractivity contribution in [1.29, 1.82) is 0 Å². The van der Waals surface area contributed by atoms with E-state index in [0.717, 1.165) is 50.0 Å². The molecule has 1 saturated heterocycles. The smallest absolute Gasteiger partial charge is 0.416 e. The lowest BCUT2D eigenvalue weighted by molar-refractivity contribution is -0.137. The third-order valence-corrected chi connectivity index (χ3v) is 5.26. The number of likely N-dealkylation sites (tertiary alicyclic amines) is 1. The van der Waals surface area contributed by atoms with Gasteiger partial charge in [-0.3, -0.25) is 9.69 Å². The summed E-state index contributed by atoms with van der Waals surface area (Å²) in [5, 5.41) is 12.6. The molecule has 3 rings (SSSR count). The van der Waals surface area contributed by atoms with Crippen LogP contribution in [0.25, 0.3) is 0 Å². The summed E-state index contributed by atoms with van der Waals surface area (Å²) in [6.45, 7) is 2.51. The molecule has 4 nitrogen and oxygen atoms in total. The average Bonchev–Trinajstić information content (AvgIpc) is 2.68. The van der Waals surface area contributed by atoms with E-state index in [4.69, 9.17) is 0 Å². The summed E-state index contributed by atoms with van der Waals surface area (Å²) >= 11 is 0. The Hall–Kier alpha value is -2.54. The first-order valence-corrected chi connectivity index (χ1v) is 9.77. The standard InChI is InChI=1S/C22H25F3N2O2/c23-22(24,25)18-8-10-19(11-9-18)26-21(29)12-7-16-4-3-13-27(14-16)15-17-5-1-2-6-20(17)28/h1-2,5-6,8-11,16,28H,3-4,7,12-15H2,(H,26,29)/t16-/m0/s1. The van der Waals surface area contributed by atoms with Crippen molar-refractivity contribution < 1.29 is 23.1 Å². The molecule has 156 valence electrons. The van der Waals surface area contributed by atoms with E-state index < -0.39 is 11.7 Å². The molecule has 1 aliphatic heterocycles. The number of benzene rings is 2. The van der Waals surface area contributed by atoms with Gasteiger partial charge in [-0.2, -0.15) is 13.2 Å². The predicted octanol–water partition coefficient (Wildman–Crippen LogP) is 5.04. The molecule has 0 aliphatic carbocycles. The Morgan fingerprint density at radius 3 is 2.55 bits per heavy atom. The molecular formula is C22H25F3N2O2. The van der Waals surface area contributed by atoms with Crippen molar-refractivity contribution in [3.8, 4) is 5.75 Å². The van der Waals surface area contributed by atoms with Crippen molar-refractivity contribution >= 4 is 11.6 Å². The lowest BCUT2D eigenvalue weighted by Gasteiger charge is -2.32. The quantitative estimate of drug-likeness (QED) is 0.707. The van der Waals surface area contributed by atoms with E-state index in [-0.39, 0.29) is 5.91 Å². The molecule has 1 aliphatic rings. The van der Waals surface area contributed by atoms with Gasteiger partial charge in [0.25, 0.3) is 0 Å². The molecule has 0 aromatic heterocycles. The minimum Gasteiger partial charge on any atom is -0.508 e. The number of phenolic OH excluding ortho intramolecular Hbond substituents is 1. The number of hydrogen-bond acceptors (Lipinski definition) is 3. The highest BCUT2D eigenvalue weighted by Crippen LogP contribution is 2.30. The second-order valence-corrected chi connectivity index (χ2v) is 7.53. The molecule has 1 amide bonds. The third-order valence-electron chi connectivity index (χ3n) is 5.26. The van der Waals surface area contributed by atoms with Crippen LogP contribution in [0.1, 0.15) is 36.8 Å². The number of halogens is 3. The summed E-state index contributed by atoms with van der Waals surface area (Å²) < 4.78 is 37.8. The summed E-state index contributed by atoms with van der Waals surface area (Å²) in [6.07, 6.45) is -1.24. The maximum atomic E-state index is 12.6. The van der Waals surface area contributed by atoms with Crippen LogP contribution in [0, 0.1) is 5.92 Å². The molecule has 2 aromatic carbocycles. The molecular weight excluding hydrogens is 381 g/mol. The van der Waals surface area contributed by atoms with Crippen molar-refractivity contribution in [3.05, 3.63) is 59.7 Å². The van der Waals surface area contributed by atoms with E-state index in [1.165, 1.54) is 12.1 Å². The Bertz CT molecular complexity index is 822. The molecule has 0 bridgehead atoms. The van der Waals surface area contributed by atoms with Gasteiger partial charge in [0.2, 0.25) is 5.91 Å². The van der Waals surface area contributed by atoms with Crippen LogP contribution in [0.4, 0.5) is 18.9 Å². The summed E-state index contributed by atoms with van der Waals surface area (Å²) in [7, 11) is 0. The van der Waals surface area contributed by atoms with Gasteiger partial charge in [0.05, 0.1) is 5.56 Å². The number of aromatic hydroxyl groups is 1. The van der Waals surface area contributed by atoms with Crippen LogP contribution < -0.4 is 5.32 Å². The molecule has 0 unspecified atom stereocenters. The largest absolute Gasteiger partial charge is 0.508 e. The van der Waals surface area contributed by atoms with Crippen molar-refractivity contribution in [2.75, 3.05) is 18.4 Å². The second-order valence-electron chi connectivity index (χ2n) is 7.53. The molecule has 0 saturated carbocycles. The number of alkyl halides is 3. The number of carbonyl (C=O) groups is 1. The van der Waals surface area contributed by atoms with Crippen LogP contribution in [-0.2, 0) is 17.5 Å². The number of carbonyl (C=O) groups excluding carboxylic acids is 1. The Morgan fingerprint density at radius 1 is 1.14 bits per heavy atom. The topological polar surface area (TPSA) is 52.6 Å². The summed E-state index contributed by atoms with van der Waals surface area (Å²) in [5.74, 6) is 0.487. The van der Waals surface area contributed by atoms with Crippen LogP contribution in [0.15, 0.2) is 48.5 Å². The van der Waals surface area contributed by atoms with E-state index in [9.17, 15) is 23.1 Å². The van der Waals surface area contributed by atoms with Gasteiger partial charge in [0.1, 0.15) is 5.75 Å². The van der Waals surface area contributed by atoms with Crippen molar-refractivity contribution in [2.45, 2.75) is 38.4 Å². The van der Waals surface area contributed by atoms with Crippen LogP contribution in [-0.4, -0.2) is 29.0 Å². The maximum Gasteiger partial charge on any atom is 0.416 e. The lowest BCUT2D eigenvalue weighted by atomic mass is 9.93. The first kappa shape index (κ1) is 21.2. The molecule has 1 atom stereocenters. The number of nitrogens with one attached hydrogen (secondary N) is 1. The van der Waals surface area contributed by atoms with Crippen molar-refractivity contribution in [3.63, 3.8) is 0 Å². The zero-order valence-corrected chi connectivity index (χ0v) is 16.1. The number of piperidine rings is 1. The molecule has 2 N–H and O–H groups in total. The molecule has 2 aromatic rings. The van der Waals surface area contributed by atoms with Gasteiger partial charge < -0.3 is 10.4 Å². The minimum atomic E-state index is -4.38. The van der Waals surface area contributed by atoms with Gasteiger partial charge in [-0.15, -0.1) is 0 Å². The van der Waals surface area contributed by atoms with Crippen LogP contribution in [0.5, 0.6) is 5.75 Å². The fraction of sp³-hybridized carbons (Fsp3) is 0.409. The van der Waals surface area contributed by atoms with Crippen LogP contribution in [0.2, 0.25) is 0 Å². The first-order valence-electron chi connectivity index (χ1n) is 9.77. The number of anilines is 1. The molecule has 1 heterocycles. The fourth-order valence-corrected chi connectivity index (χ4v) is 3.72. The number of para-hydroxylation sites is 1. The second kappa shape index (κ2) is 9.31. The SMILES string of the molecule is O=C(CC[C@@H]1CCCN(Cc2ccccc2O)C1)Nc1ccc(C(F)(F)F)cc1.